The van der Waals surface area contributed by atoms with Gasteiger partial charge in [0.1, 0.15) is 11.4 Å². The van der Waals surface area contributed by atoms with Crippen LogP contribution in [0.25, 0.3) is 5.78 Å². The van der Waals surface area contributed by atoms with Gasteiger partial charge in [-0.15, -0.1) is 0 Å². The van der Waals surface area contributed by atoms with Gasteiger partial charge in [0.25, 0.3) is 11.7 Å². The second kappa shape index (κ2) is 12.7. The highest BCUT2D eigenvalue weighted by Crippen LogP contribution is 2.42. The third kappa shape index (κ3) is 6.94. The van der Waals surface area contributed by atoms with Gasteiger partial charge in [-0.3, -0.25) is 14.3 Å². The Morgan fingerprint density at radius 2 is 1.87 bits per heavy atom. The highest BCUT2D eigenvalue weighted by atomic mass is 19.4. The number of amides is 2. The summed E-state index contributed by atoms with van der Waals surface area (Å²) >= 11 is 0. The number of nitrogens with one attached hydrogen (secondary N) is 2. The summed E-state index contributed by atoms with van der Waals surface area (Å²) in [6.45, 7) is 1.86. The number of ether oxygens (including phenoxy) is 1. The van der Waals surface area contributed by atoms with Gasteiger partial charge in [-0.2, -0.15) is 23.4 Å². The van der Waals surface area contributed by atoms with Crippen molar-refractivity contribution in [2.24, 2.45) is 17.8 Å². The summed E-state index contributed by atoms with van der Waals surface area (Å²) in [5, 5.41) is 13.9. The molecule has 17 heteroatoms. The number of aromatic nitrogens is 6. The van der Waals surface area contributed by atoms with E-state index in [1.165, 1.54) is 27.7 Å². The van der Waals surface area contributed by atoms with Crippen LogP contribution in [0.3, 0.4) is 0 Å². The number of carbonyl (C=O) groups excluding carboxylic acids is 2. The lowest BCUT2D eigenvalue weighted by atomic mass is 9.81. The normalized spacial score (nSPS) is 24.2. The van der Waals surface area contributed by atoms with Crippen molar-refractivity contribution in [3.05, 3.63) is 41.2 Å². The van der Waals surface area contributed by atoms with Gasteiger partial charge in [0, 0.05) is 57.3 Å². The van der Waals surface area contributed by atoms with Gasteiger partial charge in [-0.05, 0) is 38.2 Å². The molecule has 0 spiro atoms. The van der Waals surface area contributed by atoms with E-state index in [4.69, 9.17) is 4.74 Å². The molecule has 2 amide bonds. The number of fused-ring (bicyclic) bond motifs is 1. The second-order valence-corrected chi connectivity index (χ2v) is 12.7. The van der Waals surface area contributed by atoms with Crippen LogP contribution in [0.15, 0.2) is 18.5 Å². The van der Waals surface area contributed by atoms with Crippen LogP contribution in [0.5, 0.6) is 0 Å². The summed E-state index contributed by atoms with van der Waals surface area (Å²) in [6.07, 6.45) is -3.09. The predicted octanol–water partition coefficient (Wildman–Crippen LogP) is 4.47. The largest absolute Gasteiger partial charge is 0.393 e. The zero-order valence-electron chi connectivity index (χ0n) is 25.7. The molecule has 1 saturated carbocycles. The fourth-order valence-electron chi connectivity index (χ4n) is 6.83. The molecule has 0 radical (unpaired) electrons. The summed E-state index contributed by atoms with van der Waals surface area (Å²) < 4.78 is 93.6. The van der Waals surface area contributed by atoms with Gasteiger partial charge in [0.15, 0.2) is 5.67 Å². The van der Waals surface area contributed by atoms with Crippen LogP contribution >= 0.6 is 0 Å². The zero-order valence-corrected chi connectivity index (χ0v) is 25.7. The molecule has 256 valence electrons. The standard InChI is InChI=1S/C30H36F6N8O3/c1-2-43-22(5-10-38-43)26(46)40-23(17-3-6-29(32,33)7-4-17)21-16-44-27(39-21)41-24(28(31)8-11-47-12-9-28)20(42-44)14-18-13-19(30(34,35)36)15-37-25(18)45/h5,10,16-19,23H,2-4,6-9,11-15H2,1H3,(H,37,45)(H,40,46). The van der Waals surface area contributed by atoms with Crippen LogP contribution in [0.4, 0.5) is 26.3 Å². The number of hydrogen-bond acceptors (Lipinski definition) is 7. The van der Waals surface area contributed by atoms with Crippen LogP contribution in [0, 0.1) is 17.8 Å². The lowest BCUT2D eigenvalue weighted by Crippen LogP contribution is -2.47. The average molecular weight is 671 g/mol. The van der Waals surface area contributed by atoms with E-state index < -0.39 is 66.3 Å². The molecule has 3 aromatic heterocycles. The maximum Gasteiger partial charge on any atom is 0.393 e. The summed E-state index contributed by atoms with van der Waals surface area (Å²) in [7, 11) is 0. The van der Waals surface area contributed by atoms with Crippen LogP contribution < -0.4 is 10.6 Å². The molecule has 0 aromatic carbocycles. The fourth-order valence-corrected chi connectivity index (χ4v) is 6.83. The molecule has 2 N–H and O–H groups in total. The first-order valence-electron chi connectivity index (χ1n) is 15.8. The lowest BCUT2D eigenvalue weighted by Gasteiger charge is -2.33. The van der Waals surface area contributed by atoms with Gasteiger partial charge in [-0.1, -0.05) is 0 Å². The summed E-state index contributed by atoms with van der Waals surface area (Å²) in [4.78, 5) is 35.2. The Balaban J connectivity index is 1.38. The average Bonchev–Trinajstić information content (AvgIpc) is 3.67. The van der Waals surface area contributed by atoms with E-state index in [0.717, 1.165) is 0 Å². The summed E-state index contributed by atoms with van der Waals surface area (Å²) in [6, 6.07) is 0.698. The van der Waals surface area contributed by atoms with E-state index in [-0.39, 0.29) is 86.7 Å². The van der Waals surface area contributed by atoms with Crippen molar-refractivity contribution >= 4 is 17.6 Å². The number of imidazole rings is 1. The summed E-state index contributed by atoms with van der Waals surface area (Å²) in [5.41, 5.74) is -1.63. The van der Waals surface area contributed by atoms with Crippen molar-refractivity contribution in [1.82, 2.24) is 40.0 Å². The molecule has 0 bridgehead atoms. The van der Waals surface area contributed by atoms with Gasteiger partial charge in [0.2, 0.25) is 11.8 Å². The first kappa shape index (κ1) is 33.2. The van der Waals surface area contributed by atoms with Gasteiger partial charge >= 0.3 is 6.18 Å². The number of carbonyl (C=O) groups is 2. The van der Waals surface area contributed by atoms with Gasteiger partial charge in [-0.25, -0.2) is 27.7 Å². The van der Waals surface area contributed by atoms with Crippen molar-refractivity contribution in [3.8, 4) is 0 Å². The molecular weight excluding hydrogens is 634 g/mol. The topological polar surface area (TPSA) is 128 Å². The molecule has 3 fully saturated rings. The van der Waals surface area contributed by atoms with Crippen LogP contribution in [-0.4, -0.2) is 73.0 Å². The molecule has 6 rings (SSSR count). The Kier molecular flexibility index (Phi) is 8.95. The maximum absolute atomic E-state index is 16.5. The Hall–Kier alpha value is -3.76. The number of rotatable bonds is 8. The molecule has 1 aliphatic carbocycles. The van der Waals surface area contributed by atoms with Crippen LogP contribution in [-0.2, 0) is 28.2 Å². The molecule has 47 heavy (non-hydrogen) atoms. The van der Waals surface area contributed by atoms with Gasteiger partial charge < -0.3 is 15.4 Å². The number of hydrogen-bond donors (Lipinski definition) is 2. The maximum atomic E-state index is 16.5. The minimum Gasteiger partial charge on any atom is -0.381 e. The number of halogens is 6. The van der Waals surface area contributed by atoms with Crippen molar-refractivity contribution in [2.75, 3.05) is 19.8 Å². The minimum absolute atomic E-state index is 0.0126. The van der Waals surface area contributed by atoms with E-state index in [2.05, 4.69) is 30.8 Å². The van der Waals surface area contributed by atoms with Crippen molar-refractivity contribution < 1.29 is 40.7 Å². The molecule has 2 aliphatic heterocycles. The SMILES string of the molecule is CCn1nccc1C(=O)NC(c1cn2nc(CC3CC(C(F)(F)F)CNC3=O)c(C3(F)CCOCC3)nc2n1)C1CCC(F)(F)CC1. The van der Waals surface area contributed by atoms with Crippen molar-refractivity contribution in [1.29, 1.82) is 0 Å². The Morgan fingerprint density at radius 3 is 2.55 bits per heavy atom. The molecule has 2 saturated heterocycles. The predicted molar refractivity (Wildman–Crippen MR) is 153 cm³/mol. The number of aryl methyl sites for hydroxylation is 1. The minimum atomic E-state index is -4.52. The molecule has 3 atom stereocenters. The summed E-state index contributed by atoms with van der Waals surface area (Å²) in [5.74, 6) is -7.26. The highest BCUT2D eigenvalue weighted by molar-refractivity contribution is 5.92. The fraction of sp³-hybridized carbons (Fsp3) is 0.667. The smallest absolute Gasteiger partial charge is 0.381 e. The number of alkyl halides is 6. The highest BCUT2D eigenvalue weighted by Gasteiger charge is 2.46. The van der Waals surface area contributed by atoms with E-state index in [1.807, 2.05) is 6.92 Å². The molecule has 11 nitrogen and oxygen atoms in total. The molecular formula is C30H36F6N8O3. The second-order valence-electron chi connectivity index (χ2n) is 12.7. The third-order valence-corrected chi connectivity index (χ3v) is 9.56. The van der Waals surface area contributed by atoms with E-state index >= 15 is 4.39 Å². The molecule has 3 aromatic rings. The first-order chi connectivity index (χ1) is 22.3. The van der Waals surface area contributed by atoms with E-state index in [0.29, 0.717) is 6.54 Å². The Labute approximate surface area is 265 Å². The quantitative estimate of drug-likeness (QED) is 0.339. The van der Waals surface area contributed by atoms with Crippen LogP contribution in [0.1, 0.15) is 85.5 Å². The van der Waals surface area contributed by atoms with Crippen molar-refractivity contribution in [2.45, 2.75) is 88.6 Å². The van der Waals surface area contributed by atoms with E-state index in [1.54, 1.807) is 0 Å². The Bertz CT molecular complexity index is 1610. The molecule has 3 unspecified atom stereocenters. The van der Waals surface area contributed by atoms with Gasteiger partial charge in [0.05, 0.1) is 42.8 Å². The van der Waals surface area contributed by atoms with Crippen LogP contribution in [0.2, 0.25) is 0 Å². The van der Waals surface area contributed by atoms with Crippen molar-refractivity contribution in [3.63, 3.8) is 0 Å². The molecule has 5 heterocycles. The molecule has 3 aliphatic rings. The first-order valence-corrected chi connectivity index (χ1v) is 15.8. The zero-order chi connectivity index (χ0) is 33.6. The lowest BCUT2D eigenvalue weighted by molar-refractivity contribution is -0.183. The number of nitrogens with zero attached hydrogens (tertiary/aromatic N) is 6. The Morgan fingerprint density at radius 1 is 1.15 bits per heavy atom. The monoisotopic (exact) mass is 670 g/mol. The van der Waals surface area contributed by atoms with E-state index in [9.17, 15) is 31.5 Å². The third-order valence-electron chi connectivity index (χ3n) is 9.56. The number of piperidine rings is 1.